The van der Waals surface area contributed by atoms with Crippen LogP contribution in [0, 0.1) is 5.92 Å². The fraction of sp³-hybridized carbons (Fsp3) is 0.667. The number of nitrogens with zero attached hydrogens (tertiary/aromatic N) is 3. The van der Waals surface area contributed by atoms with Crippen LogP contribution >= 0.6 is 0 Å². The maximum absolute atomic E-state index is 13.5. The minimum atomic E-state index is -2.62. The van der Waals surface area contributed by atoms with Crippen LogP contribution in [0.2, 0.25) is 0 Å². The Balaban J connectivity index is 1.76. The molecule has 1 atom stereocenters. The number of hydrogen-bond acceptors (Lipinski definition) is 4. The maximum atomic E-state index is 13.5. The molecule has 1 saturated heterocycles. The predicted molar refractivity (Wildman–Crippen MR) is 75.0 cm³/mol. The van der Waals surface area contributed by atoms with Gasteiger partial charge in [0.1, 0.15) is 5.82 Å². The lowest BCUT2D eigenvalue weighted by atomic mass is 9.95. The monoisotopic (exact) mass is 311 g/mol. The zero-order valence-electron chi connectivity index (χ0n) is 12.4. The molecule has 1 aromatic rings. The molecule has 1 aliphatic heterocycles. The molecule has 1 aliphatic carbocycles. The SMILES string of the molecule is C[C@@H]1CN(Cc2cc(C(=O)O)nc(C3CC3)n2)CCC1(F)F. The summed E-state index contributed by atoms with van der Waals surface area (Å²) in [4.78, 5) is 21.6. The number of halogens is 2. The van der Waals surface area contributed by atoms with Crippen molar-refractivity contribution in [3.63, 3.8) is 0 Å². The third kappa shape index (κ3) is 3.24. The van der Waals surface area contributed by atoms with E-state index >= 15 is 0 Å². The van der Waals surface area contributed by atoms with Crippen molar-refractivity contribution in [2.24, 2.45) is 5.92 Å². The second-order valence-corrected chi connectivity index (χ2v) is 6.33. The summed E-state index contributed by atoms with van der Waals surface area (Å²) in [6.07, 6.45) is 1.80. The number of carbonyl (C=O) groups is 1. The van der Waals surface area contributed by atoms with Crippen LogP contribution in [0.4, 0.5) is 8.78 Å². The van der Waals surface area contributed by atoms with E-state index in [9.17, 15) is 13.6 Å². The smallest absolute Gasteiger partial charge is 0.354 e. The highest BCUT2D eigenvalue weighted by Gasteiger charge is 2.41. The van der Waals surface area contributed by atoms with Crippen LogP contribution in [-0.4, -0.2) is 45.0 Å². The van der Waals surface area contributed by atoms with Gasteiger partial charge < -0.3 is 5.11 Å². The third-order valence-electron chi connectivity index (χ3n) is 4.36. The van der Waals surface area contributed by atoms with Crippen molar-refractivity contribution >= 4 is 5.97 Å². The largest absolute Gasteiger partial charge is 0.477 e. The molecule has 0 spiro atoms. The van der Waals surface area contributed by atoms with Gasteiger partial charge in [-0.15, -0.1) is 0 Å². The lowest BCUT2D eigenvalue weighted by molar-refractivity contribution is -0.100. The minimum Gasteiger partial charge on any atom is -0.477 e. The summed E-state index contributed by atoms with van der Waals surface area (Å²) in [5.41, 5.74) is 0.592. The van der Waals surface area contributed by atoms with E-state index < -0.39 is 17.8 Å². The first kappa shape index (κ1) is 15.3. The van der Waals surface area contributed by atoms with Crippen molar-refractivity contribution in [2.45, 2.75) is 44.6 Å². The van der Waals surface area contributed by atoms with Gasteiger partial charge in [0.05, 0.1) is 5.69 Å². The average molecular weight is 311 g/mol. The van der Waals surface area contributed by atoms with Gasteiger partial charge in [-0.05, 0) is 18.9 Å². The van der Waals surface area contributed by atoms with Crippen LogP contribution < -0.4 is 0 Å². The first-order chi connectivity index (χ1) is 10.3. The highest BCUT2D eigenvalue weighted by molar-refractivity contribution is 5.85. The zero-order chi connectivity index (χ0) is 15.9. The van der Waals surface area contributed by atoms with E-state index in [4.69, 9.17) is 5.11 Å². The Kier molecular flexibility index (Phi) is 3.84. The van der Waals surface area contributed by atoms with Crippen LogP contribution in [0.1, 0.15) is 54.1 Å². The summed E-state index contributed by atoms with van der Waals surface area (Å²) in [7, 11) is 0. The van der Waals surface area contributed by atoms with E-state index in [1.807, 2.05) is 4.90 Å². The first-order valence-corrected chi connectivity index (χ1v) is 7.56. The Hall–Kier alpha value is -1.63. The number of hydrogen-bond donors (Lipinski definition) is 1. The van der Waals surface area contributed by atoms with Gasteiger partial charge in [-0.25, -0.2) is 23.5 Å². The summed E-state index contributed by atoms with van der Waals surface area (Å²) in [5.74, 6) is -3.57. The highest BCUT2D eigenvalue weighted by atomic mass is 19.3. The summed E-state index contributed by atoms with van der Waals surface area (Å²) >= 11 is 0. The van der Waals surface area contributed by atoms with Gasteiger partial charge in [-0.2, -0.15) is 0 Å². The number of aromatic carboxylic acids is 1. The van der Waals surface area contributed by atoms with Crippen LogP contribution in [0.3, 0.4) is 0 Å². The van der Waals surface area contributed by atoms with Gasteiger partial charge in [0, 0.05) is 37.9 Å². The van der Waals surface area contributed by atoms with Crippen molar-refractivity contribution in [1.29, 1.82) is 0 Å². The van der Waals surface area contributed by atoms with Gasteiger partial charge in [0.15, 0.2) is 5.69 Å². The summed E-state index contributed by atoms with van der Waals surface area (Å²) in [6, 6.07) is 1.45. The van der Waals surface area contributed by atoms with E-state index in [0.29, 0.717) is 24.6 Å². The minimum absolute atomic E-state index is 0.0118. The quantitative estimate of drug-likeness (QED) is 0.925. The molecule has 2 fully saturated rings. The van der Waals surface area contributed by atoms with Gasteiger partial charge in [-0.3, -0.25) is 4.90 Å². The molecule has 0 radical (unpaired) electrons. The molecule has 1 N–H and O–H groups in total. The molecule has 0 unspecified atom stereocenters. The average Bonchev–Trinajstić information content (AvgIpc) is 3.27. The van der Waals surface area contributed by atoms with E-state index in [1.165, 1.54) is 6.07 Å². The second-order valence-electron chi connectivity index (χ2n) is 6.33. The maximum Gasteiger partial charge on any atom is 0.354 e. The molecular formula is C15H19F2N3O2. The van der Waals surface area contributed by atoms with Crippen LogP contribution in [-0.2, 0) is 6.54 Å². The van der Waals surface area contributed by atoms with E-state index in [2.05, 4.69) is 9.97 Å². The number of carboxylic acid groups (broad SMARTS) is 1. The molecule has 22 heavy (non-hydrogen) atoms. The number of aromatic nitrogens is 2. The molecule has 0 amide bonds. The van der Waals surface area contributed by atoms with Gasteiger partial charge >= 0.3 is 5.97 Å². The Morgan fingerprint density at radius 1 is 1.45 bits per heavy atom. The summed E-state index contributed by atoms with van der Waals surface area (Å²) in [6.45, 7) is 2.52. The van der Waals surface area contributed by atoms with Crippen LogP contribution in [0.15, 0.2) is 6.07 Å². The molecule has 1 saturated carbocycles. The fourth-order valence-electron chi connectivity index (χ4n) is 2.77. The van der Waals surface area contributed by atoms with Gasteiger partial charge in [0.2, 0.25) is 0 Å². The van der Waals surface area contributed by atoms with Crippen molar-refractivity contribution in [3.8, 4) is 0 Å². The van der Waals surface area contributed by atoms with Crippen LogP contribution in [0.5, 0.6) is 0 Å². The molecule has 2 aliphatic rings. The lowest BCUT2D eigenvalue weighted by Gasteiger charge is -2.36. The fourth-order valence-corrected chi connectivity index (χ4v) is 2.77. The molecule has 7 heteroatoms. The highest BCUT2D eigenvalue weighted by Crippen LogP contribution is 2.38. The Bertz CT molecular complexity index is 590. The standard InChI is InChI=1S/C15H19F2N3O2/c1-9-7-20(5-4-15(9,16)17)8-11-6-12(14(21)22)19-13(18-11)10-2-3-10/h6,9-10H,2-5,7-8H2,1H3,(H,21,22)/t9-/m1/s1. The molecule has 5 nitrogen and oxygen atoms in total. The van der Waals surface area contributed by atoms with E-state index in [-0.39, 0.29) is 24.6 Å². The number of likely N-dealkylation sites (tertiary alicyclic amines) is 1. The molecule has 0 bridgehead atoms. The van der Waals surface area contributed by atoms with Crippen molar-refractivity contribution < 1.29 is 18.7 Å². The Labute approximate surface area is 127 Å². The van der Waals surface area contributed by atoms with E-state index in [0.717, 1.165) is 12.8 Å². The Morgan fingerprint density at radius 3 is 2.77 bits per heavy atom. The Morgan fingerprint density at radius 2 is 2.18 bits per heavy atom. The molecule has 0 aromatic carbocycles. The number of rotatable bonds is 4. The van der Waals surface area contributed by atoms with Crippen LogP contribution in [0.25, 0.3) is 0 Å². The van der Waals surface area contributed by atoms with Crippen molar-refractivity contribution in [1.82, 2.24) is 14.9 Å². The molecule has 3 rings (SSSR count). The summed E-state index contributed by atoms with van der Waals surface area (Å²) in [5, 5.41) is 9.15. The van der Waals surface area contributed by atoms with E-state index in [1.54, 1.807) is 6.92 Å². The summed E-state index contributed by atoms with van der Waals surface area (Å²) < 4.78 is 27.1. The molecule has 2 heterocycles. The number of piperidine rings is 1. The van der Waals surface area contributed by atoms with Gasteiger partial charge in [0.25, 0.3) is 5.92 Å². The second kappa shape index (κ2) is 5.53. The predicted octanol–water partition coefficient (Wildman–Crippen LogP) is 2.53. The molecule has 1 aromatic heterocycles. The number of alkyl halides is 2. The zero-order valence-corrected chi connectivity index (χ0v) is 12.4. The normalized spacial score (nSPS) is 25.1. The first-order valence-electron chi connectivity index (χ1n) is 7.56. The molecule has 120 valence electrons. The lowest BCUT2D eigenvalue weighted by Crippen LogP contribution is -2.45. The number of carboxylic acids is 1. The third-order valence-corrected chi connectivity index (χ3v) is 4.36. The molecular weight excluding hydrogens is 292 g/mol. The van der Waals surface area contributed by atoms with Crippen molar-refractivity contribution in [2.75, 3.05) is 13.1 Å². The topological polar surface area (TPSA) is 66.3 Å². The van der Waals surface area contributed by atoms with Gasteiger partial charge in [-0.1, -0.05) is 6.92 Å². The van der Waals surface area contributed by atoms with Crippen molar-refractivity contribution in [3.05, 3.63) is 23.3 Å².